The van der Waals surface area contributed by atoms with Crippen molar-refractivity contribution in [2.75, 3.05) is 13.2 Å². The highest BCUT2D eigenvalue weighted by Gasteiger charge is 2.22. The average molecular weight is 727 g/mol. The van der Waals surface area contributed by atoms with Crippen LogP contribution in [0, 0.1) is 0 Å². The molecule has 1 atom stereocenters. The summed E-state index contributed by atoms with van der Waals surface area (Å²) in [5, 5.41) is 0. The number of allylic oxidation sites excluding steroid dienone is 6. The average Bonchev–Trinajstić information content (AvgIpc) is 3.08. The van der Waals surface area contributed by atoms with Gasteiger partial charge in [0.2, 0.25) is 0 Å². The Bertz CT molecular complexity index is 910. The van der Waals surface area contributed by atoms with E-state index in [1.807, 2.05) is 0 Å². The summed E-state index contributed by atoms with van der Waals surface area (Å²) in [5.41, 5.74) is 0. The molecule has 0 fully saturated rings. The first-order chi connectivity index (χ1) is 24.3. The number of unbranched alkanes of at least 4 members (excludes halogenated alkanes) is 21. The Balaban J connectivity index is 3.97. The van der Waals surface area contributed by atoms with Crippen LogP contribution < -0.4 is 0 Å². The SMILES string of the molecule is CCCCC/C=C/C/C=C/C/C=C/CCCCCCC(=O)O[C@H](COC(=O)CCCCCCCCCCCCCCCCC)COP(=O)(O)O. The van der Waals surface area contributed by atoms with Gasteiger partial charge >= 0.3 is 19.8 Å². The molecule has 0 radical (unpaired) electrons. The number of rotatable bonds is 37. The minimum Gasteiger partial charge on any atom is -0.462 e. The van der Waals surface area contributed by atoms with Gasteiger partial charge in [-0.15, -0.1) is 0 Å². The molecular formula is C41H75O8P. The topological polar surface area (TPSA) is 119 Å². The van der Waals surface area contributed by atoms with Crippen molar-refractivity contribution in [2.24, 2.45) is 0 Å². The van der Waals surface area contributed by atoms with Crippen molar-refractivity contribution in [3.05, 3.63) is 36.5 Å². The number of carbonyl (C=O) groups is 2. The fraction of sp³-hybridized carbons (Fsp3) is 0.805. The second kappa shape index (κ2) is 37.0. The number of hydrogen-bond acceptors (Lipinski definition) is 6. The largest absolute Gasteiger partial charge is 0.469 e. The minimum atomic E-state index is -4.76. The van der Waals surface area contributed by atoms with Gasteiger partial charge in [0, 0.05) is 12.8 Å². The summed E-state index contributed by atoms with van der Waals surface area (Å²) in [6.45, 7) is 3.64. The smallest absolute Gasteiger partial charge is 0.462 e. The van der Waals surface area contributed by atoms with Gasteiger partial charge in [-0.2, -0.15) is 0 Å². The predicted octanol–water partition coefficient (Wildman–Crippen LogP) is 12.2. The Morgan fingerprint density at radius 1 is 0.520 bits per heavy atom. The zero-order valence-corrected chi connectivity index (χ0v) is 32.9. The molecule has 0 aromatic heterocycles. The molecule has 0 bridgehead atoms. The second-order valence-corrected chi connectivity index (χ2v) is 14.9. The van der Waals surface area contributed by atoms with E-state index in [1.54, 1.807) is 0 Å². The highest BCUT2D eigenvalue weighted by molar-refractivity contribution is 7.46. The number of carbonyl (C=O) groups excluding carboxylic acids is 2. The first kappa shape index (κ1) is 48.3. The van der Waals surface area contributed by atoms with E-state index >= 15 is 0 Å². The molecule has 9 heteroatoms. The van der Waals surface area contributed by atoms with Crippen molar-refractivity contribution in [1.82, 2.24) is 0 Å². The van der Waals surface area contributed by atoms with E-state index in [9.17, 15) is 14.2 Å². The summed E-state index contributed by atoms with van der Waals surface area (Å²) < 4.78 is 26.3. The zero-order valence-electron chi connectivity index (χ0n) is 32.0. The van der Waals surface area contributed by atoms with Crippen LogP contribution in [0.1, 0.15) is 194 Å². The molecule has 0 rings (SSSR count). The lowest BCUT2D eigenvalue weighted by Crippen LogP contribution is -2.29. The van der Waals surface area contributed by atoms with Crippen molar-refractivity contribution < 1.29 is 37.9 Å². The molecule has 0 aromatic rings. The monoisotopic (exact) mass is 727 g/mol. The summed E-state index contributed by atoms with van der Waals surface area (Å²) in [4.78, 5) is 42.8. The predicted molar refractivity (Wildman–Crippen MR) is 207 cm³/mol. The molecule has 0 unspecified atom stereocenters. The van der Waals surface area contributed by atoms with Crippen LogP contribution in [0.25, 0.3) is 0 Å². The van der Waals surface area contributed by atoms with Gasteiger partial charge in [-0.25, -0.2) is 4.57 Å². The van der Waals surface area contributed by atoms with E-state index in [0.717, 1.165) is 57.8 Å². The highest BCUT2D eigenvalue weighted by atomic mass is 31.2. The zero-order chi connectivity index (χ0) is 36.8. The standard InChI is InChI=1S/C41H75O8P/c1-3-5-7-9-11-13-15-17-19-20-22-24-26-28-30-32-34-36-41(43)49-39(38-48-50(44,45)46)37-47-40(42)35-33-31-29-27-25-23-21-18-16-14-12-10-8-6-4-2/h11,13,17,19,22,24,39H,3-10,12,14-16,18,20-21,23,25-38H2,1-2H3,(H2,44,45,46)/b13-11+,19-17+,24-22+/t39-/m1/s1. The quantitative estimate of drug-likeness (QED) is 0.0281. The summed E-state index contributed by atoms with van der Waals surface area (Å²) >= 11 is 0. The van der Waals surface area contributed by atoms with E-state index < -0.39 is 32.5 Å². The van der Waals surface area contributed by atoms with Gasteiger partial charge in [-0.1, -0.05) is 166 Å². The molecule has 0 aliphatic rings. The lowest BCUT2D eigenvalue weighted by atomic mass is 10.0. The number of hydrogen-bond donors (Lipinski definition) is 2. The fourth-order valence-corrected chi connectivity index (χ4v) is 5.98. The van der Waals surface area contributed by atoms with E-state index in [4.69, 9.17) is 19.3 Å². The van der Waals surface area contributed by atoms with Gasteiger partial charge in [0.05, 0.1) is 6.61 Å². The van der Waals surface area contributed by atoms with Crippen molar-refractivity contribution in [3.8, 4) is 0 Å². The highest BCUT2D eigenvalue weighted by Crippen LogP contribution is 2.36. The molecule has 0 aliphatic heterocycles. The number of phosphoric acid groups is 1. The summed E-state index contributed by atoms with van der Waals surface area (Å²) in [5.74, 6) is -0.905. The fourth-order valence-electron chi connectivity index (χ4n) is 5.61. The maximum absolute atomic E-state index is 12.4. The molecule has 50 heavy (non-hydrogen) atoms. The summed E-state index contributed by atoms with van der Waals surface area (Å²) in [6.07, 6.45) is 42.9. The van der Waals surface area contributed by atoms with Gasteiger partial charge in [-0.05, 0) is 51.4 Å². The number of ether oxygens (including phenoxy) is 2. The number of esters is 2. The van der Waals surface area contributed by atoms with Gasteiger partial charge in [0.1, 0.15) is 6.61 Å². The van der Waals surface area contributed by atoms with Crippen LogP contribution in [0.2, 0.25) is 0 Å². The van der Waals surface area contributed by atoms with Crippen molar-refractivity contribution in [3.63, 3.8) is 0 Å². The van der Waals surface area contributed by atoms with E-state index in [2.05, 4.69) is 54.8 Å². The lowest BCUT2D eigenvalue weighted by molar-refractivity contribution is -0.161. The Hall–Kier alpha value is -1.73. The van der Waals surface area contributed by atoms with Crippen LogP contribution in [0.5, 0.6) is 0 Å². The number of phosphoric ester groups is 1. The first-order valence-electron chi connectivity index (χ1n) is 20.3. The van der Waals surface area contributed by atoms with E-state index in [-0.39, 0.29) is 19.4 Å². The van der Waals surface area contributed by atoms with Crippen LogP contribution in [-0.4, -0.2) is 41.0 Å². The molecule has 0 amide bonds. The van der Waals surface area contributed by atoms with E-state index in [1.165, 1.54) is 103 Å². The minimum absolute atomic E-state index is 0.188. The van der Waals surface area contributed by atoms with Crippen molar-refractivity contribution in [2.45, 2.75) is 200 Å². The Labute approximate surface area is 306 Å². The Kier molecular flexibility index (Phi) is 35.8. The van der Waals surface area contributed by atoms with Crippen LogP contribution in [0.4, 0.5) is 0 Å². The van der Waals surface area contributed by atoms with Gasteiger partial charge < -0.3 is 19.3 Å². The molecule has 0 aromatic carbocycles. The third kappa shape index (κ3) is 39.1. The molecule has 292 valence electrons. The maximum atomic E-state index is 12.4. The van der Waals surface area contributed by atoms with Crippen LogP contribution in [0.3, 0.4) is 0 Å². The third-order valence-corrected chi connectivity index (χ3v) is 9.15. The van der Waals surface area contributed by atoms with Gasteiger partial charge in [0.25, 0.3) is 0 Å². The maximum Gasteiger partial charge on any atom is 0.469 e. The van der Waals surface area contributed by atoms with Crippen LogP contribution in [0.15, 0.2) is 36.5 Å². The molecule has 0 aliphatic carbocycles. The molecule has 0 saturated heterocycles. The van der Waals surface area contributed by atoms with Crippen molar-refractivity contribution >= 4 is 19.8 Å². The second-order valence-electron chi connectivity index (χ2n) is 13.6. The molecular weight excluding hydrogens is 651 g/mol. The van der Waals surface area contributed by atoms with Crippen LogP contribution in [-0.2, 0) is 28.2 Å². The van der Waals surface area contributed by atoms with Gasteiger partial charge in [0.15, 0.2) is 6.10 Å². The first-order valence-corrected chi connectivity index (χ1v) is 21.8. The summed E-state index contributed by atoms with van der Waals surface area (Å²) in [6, 6.07) is 0. The summed E-state index contributed by atoms with van der Waals surface area (Å²) in [7, 11) is -4.76. The van der Waals surface area contributed by atoms with Crippen molar-refractivity contribution in [1.29, 1.82) is 0 Å². The Morgan fingerprint density at radius 3 is 1.38 bits per heavy atom. The molecule has 0 heterocycles. The third-order valence-electron chi connectivity index (χ3n) is 8.66. The van der Waals surface area contributed by atoms with E-state index in [0.29, 0.717) is 6.42 Å². The van der Waals surface area contributed by atoms with Crippen LogP contribution >= 0.6 is 7.82 Å². The molecule has 2 N–H and O–H groups in total. The normalized spacial score (nSPS) is 12.8. The molecule has 8 nitrogen and oxygen atoms in total. The lowest BCUT2D eigenvalue weighted by Gasteiger charge is -2.18. The molecule has 0 saturated carbocycles. The Morgan fingerprint density at radius 2 is 0.900 bits per heavy atom. The molecule has 0 spiro atoms. The van der Waals surface area contributed by atoms with Gasteiger partial charge in [-0.3, -0.25) is 14.1 Å².